The zero-order valence-electron chi connectivity index (χ0n) is 15.8. The summed E-state index contributed by atoms with van der Waals surface area (Å²) < 4.78 is 0. The Kier molecular flexibility index (Phi) is 6.19. The predicted molar refractivity (Wildman–Crippen MR) is 106 cm³/mol. The van der Waals surface area contributed by atoms with Crippen LogP contribution in [0.2, 0.25) is 0 Å². The lowest BCUT2D eigenvalue weighted by Gasteiger charge is -2.26. The van der Waals surface area contributed by atoms with Crippen molar-refractivity contribution in [3.8, 4) is 0 Å². The summed E-state index contributed by atoms with van der Waals surface area (Å²) in [5.41, 5.74) is 7.30. The third kappa shape index (κ3) is 5.03. The summed E-state index contributed by atoms with van der Waals surface area (Å²) in [6.45, 7) is 2.83. The highest BCUT2D eigenvalue weighted by atomic mass is 16.6. The van der Waals surface area contributed by atoms with Gasteiger partial charge in [-0.3, -0.25) is 14.9 Å². The first-order chi connectivity index (χ1) is 13.4. The van der Waals surface area contributed by atoms with Crippen LogP contribution in [0.3, 0.4) is 0 Å². The fraction of sp³-hybridized carbons (Fsp3) is 0.500. The van der Waals surface area contributed by atoms with Crippen molar-refractivity contribution in [2.24, 2.45) is 11.7 Å². The maximum absolute atomic E-state index is 11.5. The number of hydrogen-bond acceptors (Lipinski definition) is 8. The number of hydrogen-bond donors (Lipinski definition) is 4. The fourth-order valence-electron chi connectivity index (χ4n) is 3.31. The first-order valence-electron chi connectivity index (χ1n) is 9.35. The molecule has 1 saturated carbocycles. The van der Waals surface area contributed by atoms with E-state index >= 15 is 0 Å². The van der Waals surface area contributed by atoms with Gasteiger partial charge in [0, 0.05) is 31.4 Å². The summed E-state index contributed by atoms with van der Waals surface area (Å²) in [5.74, 6) is 0.878. The maximum atomic E-state index is 11.5. The lowest BCUT2D eigenvalue weighted by Crippen LogP contribution is -2.29. The lowest BCUT2D eigenvalue weighted by atomic mass is 9.86. The molecule has 10 nitrogen and oxygen atoms in total. The van der Waals surface area contributed by atoms with Crippen LogP contribution in [0.4, 0.5) is 17.5 Å². The van der Waals surface area contributed by atoms with E-state index in [4.69, 9.17) is 5.73 Å². The van der Waals surface area contributed by atoms with E-state index < -0.39 is 4.92 Å². The number of nitrogens with two attached hydrogens (primary N) is 1. The number of aryl methyl sites for hydroxylation is 1. The van der Waals surface area contributed by atoms with Gasteiger partial charge in [-0.2, -0.15) is 4.98 Å². The van der Waals surface area contributed by atoms with Crippen LogP contribution in [0.1, 0.15) is 36.8 Å². The number of pyridine rings is 1. The van der Waals surface area contributed by atoms with Crippen molar-refractivity contribution in [3.05, 3.63) is 50.1 Å². The number of nitro groups is 1. The molecule has 150 valence electrons. The average molecular weight is 387 g/mol. The number of H-pyrrole nitrogens is 1. The van der Waals surface area contributed by atoms with Crippen molar-refractivity contribution in [1.29, 1.82) is 0 Å². The van der Waals surface area contributed by atoms with Gasteiger partial charge in [0.15, 0.2) is 0 Å². The van der Waals surface area contributed by atoms with E-state index in [1.165, 1.54) is 12.3 Å². The Bertz CT molecular complexity index is 891. The number of rotatable bonds is 7. The minimum Gasteiger partial charge on any atom is -0.364 e. The van der Waals surface area contributed by atoms with Crippen molar-refractivity contribution in [2.45, 2.75) is 45.2 Å². The fourth-order valence-corrected chi connectivity index (χ4v) is 3.31. The Hall–Kier alpha value is -3.01. The number of aromatic nitrogens is 3. The molecule has 3 rings (SSSR count). The highest BCUT2D eigenvalue weighted by Gasteiger charge is 2.21. The van der Waals surface area contributed by atoms with Gasteiger partial charge in [-0.15, -0.1) is 0 Å². The Balaban J connectivity index is 1.69. The van der Waals surface area contributed by atoms with Gasteiger partial charge >= 0.3 is 5.69 Å². The molecule has 1 aliphatic carbocycles. The molecule has 0 atom stereocenters. The molecule has 5 N–H and O–H groups in total. The van der Waals surface area contributed by atoms with Crippen LogP contribution < -0.4 is 21.9 Å². The van der Waals surface area contributed by atoms with Gasteiger partial charge in [0.05, 0.1) is 4.92 Å². The highest BCUT2D eigenvalue weighted by Crippen LogP contribution is 2.26. The second-order valence-electron chi connectivity index (χ2n) is 7.21. The Morgan fingerprint density at radius 3 is 2.79 bits per heavy atom. The second kappa shape index (κ2) is 8.79. The van der Waals surface area contributed by atoms with Gasteiger partial charge in [-0.25, -0.2) is 4.98 Å². The topological polar surface area (TPSA) is 152 Å². The Morgan fingerprint density at radius 2 is 2.07 bits per heavy atom. The molecule has 1 aliphatic rings. The molecule has 0 saturated heterocycles. The third-order valence-corrected chi connectivity index (χ3v) is 5.10. The molecule has 10 heteroatoms. The van der Waals surface area contributed by atoms with Crippen LogP contribution in [0.15, 0.2) is 23.3 Å². The molecule has 2 heterocycles. The maximum Gasteiger partial charge on any atom is 0.329 e. The van der Waals surface area contributed by atoms with E-state index in [0.29, 0.717) is 19.0 Å². The SMILES string of the molecule is Cc1c[nH]c(=O)cc1CNc1ncc([N+](=O)[O-])c(NCC2CCC(N)CC2)n1. The molecular formula is C18H25N7O3. The van der Waals surface area contributed by atoms with Crippen LogP contribution in [0.5, 0.6) is 0 Å². The van der Waals surface area contributed by atoms with Crippen molar-refractivity contribution in [1.82, 2.24) is 15.0 Å². The van der Waals surface area contributed by atoms with E-state index in [2.05, 4.69) is 25.6 Å². The molecule has 28 heavy (non-hydrogen) atoms. The largest absolute Gasteiger partial charge is 0.364 e. The van der Waals surface area contributed by atoms with E-state index in [0.717, 1.165) is 36.8 Å². The van der Waals surface area contributed by atoms with E-state index in [1.807, 2.05) is 6.92 Å². The van der Waals surface area contributed by atoms with Gasteiger partial charge in [0.25, 0.3) is 0 Å². The standard InChI is InChI=1S/C18H25N7O3/c1-11-7-20-16(26)6-13(11)9-22-18-23-10-15(25(27)28)17(24-18)21-8-12-2-4-14(19)5-3-12/h6-7,10,12,14H,2-5,8-9,19H2,1H3,(H,20,26)(H2,21,22,23,24). The van der Waals surface area contributed by atoms with Crippen molar-refractivity contribution in [3.63, 3.8) is 0 Å². The summed E-state index contributed by atoms with van der Waals surface area (Å²) in [6, 6.07) is 1.76. The number of nitrogens with zero attached hydrogens (tertiary/aromatic N) is 3. The zero-order chi connectivity index (χ0) is 20.1. The van der Waals surface area contributed by atoms with Crippen LogP contribution >= 0.6 is 0 Å². The predicted octanol–water partition coefficient (Wildman–Crippen LogP) is 1.92. The highest BCUT2D eigenvalue weighted by molar-refractivity contribution is 5.57. The molecule has 0 amide bonds. The molecular weight excluding hydrogens is 362 g/mol. The summed E-state index contributed by atoms with van der Waals surface area (Å²) in [4.78, 5) is 33.2. The first kappa shape index (κ1) is 19.7. The molecule has 0 bridgehead atoms. The first-order valence-corrected chi connectivity index (χ1v) is 9.35. The van der Waals surface area contributed by atoms with Crippen LogP contribution in [-0.4, -0.2) is 32.5 Å². The van der Waals surface area contributed by atoms with E-state index in [1.54, 1.807) is 6.20 Å². The molecule has 2 aromatic heterocycles. The summed E-state index contributed by atoms with van der Waals surface area (Å²) >= 11 is 0. The number of anilines is 2. The summed E-state index contributed by atoms with van der Waals surface area (Å²) in [5, 5.41) is 17.4. The average Bonchev–Trinajstić information content (AvgIpc) is 2.68. The Morgan fingerprint density at radius 1 is 1.32 bits per heavy atom. The number of nitrogens with one attached hydrogen (secondary N) is 3. The molecule has 0 aliphatic heterocycles. The molecule has 0 aromatic carbocycles. The molecule has 0 unspecified atom stereocenters. The van der Waals surface area contributed by atoms with Crippen LogP contribution in [-0.2, 0) is 6.54 Å². The quantitative estimate of drug-likeness (QED) is 0.415. The van der Waals surface area contributed by atoms with Gasteiger partial charge in [0.1, 0.15) is 6.20 Å². The van der Waals surface area contributed by atoms with Gasteiger partial charge < -0.3 is 21.4 Å². The van der Waals surface area contributed by atoms with Gasteiger partial charge in [-0.05, 0) is 49.7 Å². The molecule has 0 spiro atoms. The number of aromatic amines is 1. The normalized spacial score (nSPS) is 19.2. The van der Waals surface area contributed by atoms with Crippen molar-refractivity contribution < 1.29 is 4.92 Å². The van der Waals surface area contributed by atoms with Crippen molar-refractivity contribution >= 4 is 17.5 Å². The van der Waals surface area contributed by atoms with Gasteiger partial charge in [-0.1, -0.05) is 0 Å². The second-order valence-corrected chi connectivity index (χ2v) is 7.21. The lowest BCUT2D eigenvalue weighted by molar-refractivity contribution is -0.384. The van der Waals surface area contributed by atoms with E-state index in [-0.39, 0.29) is 29.1 Å². The Labute approximate surface area is 162 Å². The van der Waals surface area contributed by atoms with Crippen LogP contribution in [0.25, 0.3) is 0 Å². The summed E-state index contributed by atoms with van der Waals surface area (Å²) in [7, 11) is 0. The molecule has 2 aromatic rings. The molecule has 1 fully saturated rings. The van der Waals surface area contributed by atoms with E-state index in [9.17, 15) is 14.9 Å². The minimum atomic E-state index is -0.496. The summed E-state index contributed by atoms with van der Waals surface area (Å²) in [6.07, 6.45) is 6.78. The van der Waals surface area contributed by atoms with Crippen LogP contribution in [0, 0.1) is 23.0 Å². The minimum absolute atomic E-state index is 0.162. The third-order valence-electron chi connectivity index (χ3n) is 5.10. The molecule has 0 radical (unpaired) electrons. The van der Waals surface area contributed by atoms with Crippen molar-refractivity contribution in [2.75, 3.05) is 17.2 Å². The monoisotopic (exact) mass is 387 g/mol. The van der Waals surface area contributed by atoms with Gasteiger partial charge in [0.2, 0.25) is 17.3 Å². The zero-order valence-corrected chi connectivity index (χ0v) is 15.8. The smallest absolute Gasteiger partial charge is 0.329 e.